The predicted molar refractivity (Wildman–Crippen MR) is 69.4 cm³/mol. The highest BCUT2D eigenvalue weighted by molar-refractivity contribution is 6.18. The minimum atomic E-state index is -0.386. The number of aromatic hydroxyl groups is 1. The summed E-state index contributed by atoms with van der Waals surface area (Å²) in [5, 5.41) is 12.5. The lowest BCUT2D eigenvalue weighted by Crippen LogP contribution is -2.47. The van der Waals surface area contributed by atoms with Crippen LogP contribution in [0.3, 0.4) is 0 Å². The van der Waals surface area contributed by atoms with Crippen molar-refractivity contribution in [3.05, 3.63) is 29.8 Å². The van der Waals surface area contributed by atoms with Gasteiger partial charge in [-0.1, -0.05) is 25.1 Å². The second kappa shape index (κ2) is 5.92. The van der Waals surface area contributed by atoms with Crippen LogP contribution in [0.25, 0.3) is 0 Å². The Morgan fingerprint density at radius 2 is 2.12 bits per heavy atom. The van der Waals surface area contributed by atoms with Crippen molar-refractivity contribution >= 4 is 17.5 Å². The maximum absolute atomic E-state index is 11.8. The average Bonchev–Trinajstić information content (AvgIpc) is 2.32. The van der Waals surface area contributed by atoms with Gasteiger partial charge in [0, 0.05) is 11.4 Å². The summed E-state index contributed by atoms with van der Waals surface area (Å²) in [6, 6.07) is 6.83. The average molecular weight is 256 g/mol. The van der Waals surface area contributed by atoms with Crippen LogP contribution in [0.2, 0.25) is 0 Å². The highest BCUT2D eigenvalue weighted by Gasteiger charge is 2.23. The summed E-state index contributed by atoms with van der Waals surface area (Å²) in [6.45, 7) is 3.88. The zero-order chi connectivity index (χ0) is 12.9. The largest absolute Gasteiger partial charge is 0.508 e. The molecule has 0 heterocycles. The number of amides is 1. The Kier molecular flexibility index (Phi) is 4.82. The number of carbonyl (C=O) groups excluding carboxylic acids is 1. The fourth-order valence-corrected chi connectivity index (χ4v) is 1.69. The van der Waals surface area contributed by atoms with Gasteiger partial charge in [-0.25, -0.2) is 0 Å². The van der Waals surface area contributed by atoms with Gasteiger partial charge in [-0.2, -0.15) is 0 Å². The Hall–Kier alpha value is -1.22. The van der Waals surface area contributed by atoms with Crippen molar-refractivity contribution in [2.45, 2.75) is 32.2 Å². The Morgan fingerprint density at radius 1 is 1.47 bits per heavy atom. The second-order valence-corrected chi connectivity index (χ2v) is 4.67. The molecule has 0 saturated heterocycles. The normalized spacial score (nSPS) is 14.1. The third-order valence-electron chi connectivity index (χ3n) is 2.86. The predicted octanol–water partition coefficient (Wildman–Crippen LogP) is 2.46. The molecule has 0 spiro atoms. The summed E-state index contributed by atoms with van der Waals surface area (Å²) >= 11 is 5.82. The van der Waals surface area contributed by atoms with Gasteiger partial charge in [0.2, 0.25) is 5.91 Å². The lowest BCUT2D eigenvalue weighted by atomic mass is 10.0. The molecule has 94 valence electrons. The minimum absolute atomic E-state index is 0.128. The highest BCUT2D eigenvalue weighted by Crippen LogP contribution is 2.17. The monoisotopic (exact) mass is 255 g/mol. The molecule has 1 aromatic carbocycles. The number of carbonyl (C=O) groups is 1. The van der Waals surface area contributed by atoms with E-state index in [0.717, 1.165) is 6.42 Å². The molecule has 0 fully saturated rings. The Morgan fingerprint density at radius 3 is 2.65 bits per heavy atom. The maximum Gasteiger partial charge on any atom is 0.225 e. The van der Waals surface area contributed by atoms with Crippen LogP contribution in [0.4, 0.5) is 0 Å². The zero-order valence-corrected chi connectivity index (χ0v) is 10.9. The number of para-hydroxylation sites is 1. The van der Waals surface area contributed by atoms with E-state index >= 15 is 0 Å². The van der Waals surface area contributed by atoms with Crippen LogP contribution >= 0.6 is 11.6 Å². The smallest absolute Gasteiger partial charge is 0.225 e. The minimum Gasteiger partial charge on any atom is -0.508 e. The van der Waals surface area contributed by atoms with E-state index in [-0.39, 0.29) is 23.6 Å². The molecule has 0 aromatic heterocycles. The summed E-state index contributed by atoms with van der Waals surface area (Å²) in [5.74, 6) is 0.388. The van der Waals surface area contributed by atoms with Gasteiger partial charge >= 0.3 is 0 Å². The summed E-state index contributed by atoms with van der Waals surface area (Å²) < 4.78 is 0. The van der Waals surface area contributed by atoms with Crippen molar-refractivity contribution in [3.8, 4) is 5.75 Å². The summed E-state index contributed by atoms with van der Waals surface area (Å²) in [6.07, 6.45) is 0.933. The van der Waals surface area contributed by atoms with Crippen LogP contribution in [-0.4, -0.2) is 22.4 Å². The standard InChI is InChI=1S/C13H18ClNO2/c1-3-13(2,9-14)15-12(17)8-10-6-4-5-7-11(10)16/h4-7,16H,3,8-9H2,1-2H3,(H,15,17). The number of benzene rings is 1. The van der Waals surface area contributed by atoms with Crippen LogP contribution in [0, 0.1) is 0 Å². The van der Waals surface area contributed by atoms with E-state index in [1.807, 2.05) is 13.8 Å². The first-order valence-electron chi connectivity index (χ1n) is 5.64. The number of phenolic OH excluding ortho intramolecular Hbond substituents is 1. The van der Waals surface area contributed by atoms with Crippen LogP contribution in [-0.2, 0) is 11.2 Å². The first-order chi connectivity index (χ1) is 8.00. The van der Waals surface area contributed by atoms with Crippen molar-refractivity contribution in [1.29, 1.82) is 0 Å². The molecule has 0 aliphatic heterocycles. The van der Waals surface area contributed by atoms with E-state index in [9.17, 15) is 9.90 Å². The van der Waals surface area contributed by atoms with Gasteiger partial charge in [-0.3, -0.25) is 4.79 Å². The molecule has 1 atom stereocenters. The Bertz CT molecular complexity index is 389. The van der Waals surface area contributed by atoms with Gasteiger partial charge in [-0.05, 0) is 19.4 Å². The maximum atomic E-state index is 11.8. The summed E-state index contributed by atoms with van der Waals surface area (Å²) in [5.41, 5.74) is 0.237. The molecule has 0 radical (unpaired) electrons. The molecular formula is C13H18ClNO2. The van der Waals surface area contributed by atoms with E-state index in [1.54, 1.807) is 24.3 Å². The van der Waals surface area contributed by atoms with E-state index in [2.05, 4.69) is 5.32 Å². The lowest BCUT2D eigenvalue weighted by molar-refractivity contribution is -0.122. The highest BCUT2D eigenvalue weighted by atomic mass is 35.5. The summed E-state index contributed by atoms with van der Waals surface area (Å²) in [4.78, 5) is 11.8. The van der Waals surface area contributed by atoms with E-state index < -0.39 is 0 Å². The molecule has 2 N–H and O–H groups in total. The Labute approximate surface area is 107 Å². The van der Waals surface area contributed by atoms with Crippen molar-refractivity contribution in [1.82, 2.24) is 5.32 Å². The Balaban J connectivity index is 2.65. The van der Waals surface area contributed by atoms with Gasteiger partial charge in [-0.15, -0.1) is 11.6 Å². The molecule has 0 saturated carbocycles. The fourth-order valence-electron chi connectivity index (χ4n) is 1.43. The topological polar surface area (TPSA) is 49.3 Å². The number of phenols is 1. The van der Waals surface area contributed by atoms with Crippen LogP contribution in [0.15, 0.2) is 24.3 Å². The second-order valence-electron chi connectivity index (χ2n) is 4.40. The molecule has 4 heteroatoms. The first-order valence-corrected chi connectivity index (χ1v) is 6.18. The van der Waals surface area contributed by atoms with Crippen LogP contribution < -0.4 is 5.32 Å². The molecule has 1 amide bonds. The number of hydrogen-bond acceptors (Lipinski definition) is 2. The van der Waals surface area contributed by atoms with Crippen molar-refractivity contribution in [2.75, 3.05) is 5.88 Å². The molecule has 1 aromatic rings. The molecule has 1 rings (SSSR count). The van der Waals surface area contributed by atoms with Crippen molar-refractivity contribution in [3.63, 3.8) is 0 Å². The van der Waals surface area contributed by atoms with Crippen LogP contribution in [0.1, 0.15) is 25.8 Å². The van der Waals surface area contributed by atoms with Crippen molar-refractivity contribution in [2.24, 2.45) is 0 Å². The molecule has 17 heavy (non-hydrogen) atoms. The zero-order valence-electron chi connectivity index (χ0n) is 10.2. The van der Waals surface area contributed by atoms with Crippen molar-refractivity contribution < 1.29 is 9.90 Å². The number of nitrogens with one attached hydrogen (secondary N) is 1. The van der Waals surface area contributed by atoms with Gasteiger partial charge in [0.15, 0.2) is 0 Å². The third kappa shape index (κ3) is 3.93. The summed E-state index contributed by atoms with van der Waals surface area (Å²) in [7, 11) is 0. The quantitative estimate of drug-likeness (QED) is 0.794. The van der Waals surface area contributed by atoms with E-state index in [1.165, 1.54) is 0 Å². The van der Waals surface area contributed by atoms with Gasteiger partial charge < -0.3 is 10.4 Å². The molecule has 0 bridgehead atoms. The van der Waals surface area contributed by atoms with E-state index in [0.29, 0.717) is 11.4 Å². The molecule has 0 aliphatic carbocycles. The number of halogens is 1. The van der Waals surface area contributed by atoms with Gasteiger partial charge in [0.1, 0.15) is 5.75 Å². The fraction of sp³-hybridized carbons (Fsp3) is 0.462. The van der Waals surface area contributed by atoms with Gasteiger partial charge in [0.25, 0.3) is 0 Å². The molecule has 0 aliphatic rings. The number of rotatable bonds is 5. The number of hydrogen-bond donors (Lipinski definition) is 2. The van der Waals surface area contributed by atoms with Gasteiger partial charge in [0.05, 0.1) is 12.0 Å². The molecular weight excluding hydrogens is 238 g/mol. The molecule has 1 unspecified atom stereocenters. The SMILES string of the molecule is CCC(C)(CCl)NC(=O)Cc1ccccc1O. The van der Waals surface area contributed by atoms with E-state index in [4.69, 9.17) is 11.6 Å². The number of alkyl halides is 1. The van der Waals surface area contributed by atoms with Crippen LogP contribution in [0.5, 0.6) is 5.75 Å². The lowest BCUT2D eigenvalue weighted by Gasteiger charge is -2.27. The third-order valence-corrected chi connectivity index (χ3v) is 3.45. The molecule has 3 nitrogen and oxygen atoms in total. The first kappa shape index (κ1) is 13.8.